The van der Waals surface area contributed by atoms with Gasteiger partial charge in [-0.1, -0.05) is 67.6 Å². The van der Waals surface area contributed by atoms with Gasteiger partial charge in [0.1, 0.15) is 0 Å². The number of nitrogens with zero attached hydrogens (tertiary/aromatic N) is 2. The summed E-state index contributed by atoms with van der Waals surface area (Å²) in [6.07, 6.45) is 1.81. The molecular formula is C25H31ClN4O3S. The molecule has 2 amide bonds. The third-order valence-corrected chi connectivity index (χ3v) is 7.55. The standard InChI is InChI=1S/C25H30N4O3S.ClH/c1-19-13-15-28(16-14-19)25(30)29(18-21-11-9-20(17-26)10-12-21)27-33(31,32)24-8-4-6-22-5-2-3-7-23(22)24;/h2-12,19,27H,13-18,26H2,1H3;1H. The summed E-state index contributed by atoms with van der Waals surface area (Å²) in [6, 6.07) is 19.6. The molecule has 1 saturated heterocycles. The van der Waals surface area contributed by atoms with E-state index in [0.29, 0.717) is 30.9 Å². The van der Waals surface area contributed by atoms with Crippen molar-refractivity contribution in [2.45, 2.75) is 37.8 Å². The molecule has 3 N–H and O–H groups in total. The minimum atomic E-state index is -4.01. The Hall–Kier alpha value is -2.65. The van der Waals surface area contributed by atoms with E-state index in [-0.39, 0.29) is 29.9 Å². The molecule has 0 bridgehead atoms. The molecule has 9 heteroatoms. The molecule has 0 aliphatic carbocycles. The van der Waals surface area contributed by atoms with E-state index in [9.17, 15) is 13.2 Å². The average molecular weight is 503 g/mol. The van der Waals surface area contributed by atoms with E-state index in [0.717, 1.165) is 29.4 Å². The number of halogens is 1. The van der Waals surface area contributed by atoms with Crippen molar-refractivity contribution in [1.82, 2.24) is 14.7 Å². The van der Waals surface area contributed by atoms with Crippen molar-refractivity contribution in [2.75, 3.05) is 13.1 Å². The molecule has 1 aliphatic heterocycles. The Morgan fingerprint density at radius 2 is 1.62 bits per heavy atom. The number of carbonyl (C=O) groups is 1. The molecule has 0 aromatic heterocycles. The second-order valence-corrected chi connectivity index (χ2v) is 10.3. The number of hydrazine groups is 1. The third kappa shape index (κ3) is 5.88. The highest BCUT2D eigenvalue weighted by Gasteiger charge is 2.29. The van der Waals surface area contributed by atoms with E-state index in [2.05, 4.69) is 11.8 Å². The van der Waals surface area contributed by atoms with Crippen LogP contribution in [0.4, 0.5) is 4.79 Å². The maximum Gasteiger partial charge on any atom is 0.335 e. The lowest BCUT2D eigenvalue weighted by Gasteiger charge is -2.34. The highest BCUT2D eigenvalue weighted by atomic mass is 35.5. The van der Waals surface area contributed by atoms with Crippen LogP contribution in [0.5, 0.6) is 0 Å². The van der Waals surface area contributed by atoms with Crippen LogP contribution in [0.1, 0.15) is 30.9 Å². The van der Waals surface area contributed by atoms with Gasteiger partial charge in [0.25, 0.3) is 10.0 Å². The Bertz CT molecular complexity index is 1220. The van der Waals surface area contributed by atoms with Crippen LogP contribution in [0, 0.1) is 5.92 Å². The quantitative estimate of drug-likeness (QED) is 0.492. The van der Waals surface area contributed by atoms with Crippen molar-refractivity contribution < 1.29 is 13.2 Å². The van der Waals surface area contributed by atoms with Crippen molar-refractivity contribution in [3.8, 4) is 0 Å². The second-order valence-electron chi connectivity index (χ2n) is 8.63. The molecular weight excluding hydrogens is 472 g/mol. The Morgan fingerprint density at radius 3 is 2.29 bits per heavy atom. The Kier molecular flexibility index (Phi) is 8.54. The van der Waals surface area contributed by atoms with Crippen LogP contribution in [0.3, 0.4) is 0 Å². The van der Waals surface area contributed by atoms with E-state index in [4.69, 9.17) is 5.73 Å². The van der Waals surface area contributed by atoms with Crippen LogP contribution in [0.25, 0.3) is 10.8 Å². The largest absolute Gasteiger partial charge is 0.335 e. The molecule has 3 aromatic carbocycles. The summed E-state index contributed by atoms with van der Waals surface area (Å²) in [5.74, 6) is 0.554. The number of urea groups is 1. The van der Waals surface area contributed by atoms with Crippen LogP contribution < -0.4 is 10.6 Å². The van der Waals surface area contributed by atoms with E-state index < -0.39 is 10.0 Å². The monoisotopic (exact) mass is 502 g/mol. The molecule has 0 unspecified atom stereocenters. The molecule has 0 spiro atoms. The zero-order chi connectivity index (χ0) is 23.4. The molecule has 0 saturated carbocycles. The lowest BCUT2D eigenvalue weighted by atomic mass is 10.00. The van der Waals surface area contributed by atoms with Crippen LogP contribution in [0.15, 0.2) is 71.6 Å². The van der Waals surface area contributed by atoms with Gasteiger partial charge in [0.15, 0.2) is 0 Å². The van der Waals surface area contributed by atoms with Crippen molar-refractivity contribution in [2.24, 2.45) is 11.7 Å². The molecule has 0 radical (unpaired) electrons. The number of carbonyl (C=O) groups excluding carboxylic acids is 1. The molecule has 1 fully saturated rings. The maximum absolute atomic E-state index is 13.4. The third-order valence-electron chi connectivity index (χ3n) is 6.15. The SMILES string of the molecule is CC1CCN(C(=O)N(Cc2ccc(CN)cc2)NS(=O)(=O)c2cccc3ccccc23)CC1.Cl. The number of rotatable bonds is 6. The molecule has 34 heavy (non-hydrogen) atoms. The fraction of sp³-hybridized carbons (Fsp3) is 0.320. The number of hydrogen-bond acceptors (Lipinski definition) is 4. The van der Waals surface area contributed by atoms with Gasteiger partial charge in [0, 0.05) is 25.0 Å². The second kappa shape index (κ2) is 11.2. The lowest BCUT2D eigenvalue weighted by Crippen LogP contribution is -2.53. The molecule has 0 atom stereocenters. The van der Waals surface area contributed by atoms with E-state index in [1.54, 1.807) is 29.2 Å². The number of nitrogens with one attached hydrogen (secondary N) is 1. The van der Waals surface area contributed by atoms with Crippen molar-refractivity contribution in [1.29, 1.82) is 0 Å². The first kappa shape index (κ1) is 26.0. The molecule has 3 aromatic rings. The topological polar surface area (TPSA) is 95.7 Å². The van der Waals surface area contributed by atoms with Gasteiger partial charge in [-0.05, 0) is 41.3 Å². The number of sulfonamides is 1. The normalized spacial score (nSPS) is 14.6. The number of piperidine rings is 1. The van der Waals surface area contributed by atoms with Gasteiger partial charge in [-0.15, -0.1) is 17.2 Å². The lowest BCUT2D eigenvalue weighted by molar-refractivity contribution is 0.124. The Labute approximate surface area is 207 Å². The van der Waals surface area contributed by atoms with Gasteiger partial charge in [-0.25, -0.2) is 18.2 Å². The van der Waals surface area contributed by atoms with Gasteiger partial charge in [0.2, 0.25) is 0 Å². The fourth-order valence-corrected chi connectivity index (χ4v) is 5.36. The summed E-state index contributed by atoms with van der Waals surface area (Å²) in [5.41, 5.74) is 7.47. The first-order valence-corrected chi connectivity index (χ1v) is 12.7. The van der Waals surface area contributed by atoms with Gasteiger partial charge >= 0.3 is 6.03 Å². The van der Waals surface area contributed by atoms with Gasteiger partial charge < -0.3 is 10.6 Å². The fourth-order valence-electron chi connectivity index (χ4n) is 4.10. The number of likely N-dealkylation sites (tertiary alicyclic amines) is 1. The van der Waals surface area contributed by atoms with Crippen LogP contribution in [0.2, 0.25) is 0 Å². The number of nitrogens with two attached hydrogens (primary N) is 1. The van der Waals surface area contributed by atoms with Crippen molar-refractivity contribution in [3.05, 3.63) is 77.9 Å². The molecule has 4 rings (SSSR count). The van der Waals surface area contributed by atoms with Gasteiger partial charge in [-0.2, -0.15) is 0 Å². The average Bonchev–Trinajstić information content (AvgIpc) is 2.83. The maximum atomic E-state index is 13.4. The number of benzene rings is 3. The van der Waals surface area contributed by atoms with Crippen molar-refractivity contribution in [3.63, 3.8) is 0 Å². The number of amides is 2. The zero-order valence-electron chi connectivity index (χ0n) is 19.2. The summed E-state index contributed by atoms with van der Waals surface area (Å²) in [5, 5.41) is 2.64. The Morgan fingerprint density at radius 1 is 1.00 bits per heavy atom. The van der Waals surface area contributed by atoms with Crippen molar-refractivity contribution >= 4 is 39.2 Å². The summed E-state index contributed by atoms with van der Waals surface area (Å²) in [4.78, 5) is 17.9. The minimum Gasteiger partial charge on any atom is -0.326 e. The van der Waals surface area contributed by atoms with Crippen LogP contribution in [-0.4, -0.2) is 37.4 Å². The summed E-state index contributed by atoms with van der Waals surface area (Å²) < 4.78 is 26.9. The smallest absolute Gasteiger partial charge is 0.326 e. The van der Waals surface area contributed by atoms with E-state index in [1.807, 2.05) is 42.5 Å². The molecule has 7 nitrogen and oxygen atoms in total. The minimum absolute atomic E-state index is 0. The highest BCUT2D eigenvalue weighted by molar-refractivity contribution is 7.89. The van der Waals surface area contributed by atoms with Crippen LogP contribution in [-0.2, 0) is 23.1 Å². The van der Waals surface area contributed by atoms with Crippen LogP contribution >= 0.6 is 12.4 Å². The Balaban J connectivity index is 0.00000324. The predicted molar refractivity (Wildman–Crippen MR) is 137 cm³/mol. The highest BCUT2D eigenvalue weighted by Crippen LogP contribution is 2.24. The van der Waals surface area contributed by atoms with E-state index in [1.165, 1.54) is 5.01 Å². The summed E-state index contributed by atoms with van der Waals surface area (Å²) in [6.45, 7) is 3.92. The first-order chi connectivity index (χ1) is 15.9. The van der Waals surface area contributed by atoms with Gasteiger partial charge in [-0.3, -0.25) is 0 Å². The number of hydrogen-bond donors (Lipinski definition) is 2. The predicted octanol–water partition coefficient (Wildman–Crippen LogP) is 4.27. The first-order valence-electron chi connectivity index (χ1n) is 11.2. The van der Waals surface area contributed by atoms with Gasteiger partial charge in [0.05, 0.1) is 11.4 Å². The zero-order valence-corrected chi connectivity index (χ0v) is 20.8. The summed E-state index contributed by atoms with van der Waals surface area (Å²) >= 11 is 0. The number of fused-ring (bicyclic) bond motifs is 1. The summed E-state index contributed by atoms with van der Waals surface area (Å²) in [7, 11) is -4.01. The van der Waals surface area contributed by atoms with E-state index >= 15 is 0 Å². The molecule has 1 aliphatic rings. The molecule has 182 valence electrons. The molecule has 1 heterocycles.